The fourth-order valence-electron chi connectivity index (χ4n) is 3.55. The Balaban J connectivity index is 1.89. The maximum atomic E-state index is 12.9. The number of carbonyl (C=O) groups excluding carboxylic acids is 1. The predicted octanol–water partition coefficient (Wildman–Crippen LogP) is 4.18. The van der Waals surface area contributed by atoms with Gasteiger partial charge in [-0.25, -0.2) is 14.5 Å². The normalized spacial score (nSPS) is 14.3. The highest BCUT2D eigenvalue weighted by Gasteiger charge is 2.39. The molecule has 0 N–H and O–H groups in total. The number of hydrogen-bond acceptors (Lipinski definition) is 5. The molecule has 2 aromatic carbocycles. The number of hydroxylamine groups is 1. The minimum Gasteiger partial charge on any atom is -0.624 e. The van der Waals surface area contributed by atoms with Crippen LogP contribution in [0.2, 0.25) is 0 Å². The average Bonchev–Trinajstić information content (AvgIpc) is 3.10. The second-order valence-corrected chi connectivity index (χ2v) is 6.66. The minimum absolute atomic E-state index is 0.213. The van der Waals surface area contributed by atoms with Crippen molar-refractivity contribution < 1.29 is 19.0 Å². The van der Waals surface area contributed by atoms with Crippen LogP contribution >= 0.6 is 0 Å². The fourth-order valence-corrected chi connectivity index (χ4v) is 3.55. The Kier molecular flexibility index (Phi) is 5.30. The molecule has 1 heterocycles. The summed E-state index contributed by atoms with van der Waals surface area (Å²) < 4.78 is 11.8. The second-order valence-electron chi connectivity index (χ2n) is 6.66. The van der Waals surface area contributed by atoms with Crippen LogP contribution < -0.4 is 4.74 Å². The summed E-state index contributed by atoms with van der Waals surface area (Å²) in [7, 11) is 1.37. The summed E-state index contributed by atoms with van der Waals surface area (Å²) in [6.45, 7) is 1.95. The molecular formula is C24H20N2O4. The lowest BCUT2D eigenvalue weighted by Gasteiger charge is -2.09. The van der Waals surface area contributed by atoms with Gasteiger partial charge in [0.15, 0.2) is 0 Å². The molecular weight excluding hydrogens is 380 g/mol. The lowest BCUT2D eigenvalue weighted by atomic mass is 9.97. The number of esters is 1. The van der Waals surface area contributed by atoms with Crippen molar-refractivity contribution in [1.29, 1.82) is 0 Å². The van der Waals surface area contributed by atoms with Crippen molar-refractivity contribution in [3.63, 3.8) is 0 Å². The monoisotopic (exact) mass is 400 g/mol. The van der Waals surface area contributed by atoms with Crippen LogP contribution in [-0.4, -0.2) is 35.1 Å². The first-order valence-corrected chi connectivity index (χ1v) is 9.58. The highest BCUT2D eigenvalue weighted by atomic mass is 16.5. The molecule has 1 aliphatic carbocycles. The average molecular weight is 400 g/mol. The summed E-state index contributed by atoms with van der Waals surface area (Å²) in [5.74, 6) is 0.427. The van der Waals surface area contributed by atoms with Gasteiger partial charge in [-0.1, -0.05) is 36.4 Å². The molecule has 150 valence electrons. The number of aromatic nitrogens is 1. The van der Waals surface area contributed by atoms with Crippen LogP contribution in [0, 0.1) is 5.21 Å². The maximum Gasteiger partial charge on any atom is 0.345 e. The third-order valence-electron chi connectivity index (χ3n) is 4.72. The zero-order chi connectivity index (χ0) is 21.1. The molecule has 0 saturated heterocycles. The Morgan fingerprint density at radius 2 is 1.80 bits per heavy atom. The van der Waals surface area contributed by atoms with Gasteiger partial charge < -0.3 is 14.7 Å². The molecule has 0 aliphatic heterocycles. The first-order valence-electron chi connectivity index (χ1n) is 9.58. The lowest BCUT2D eigenvalue weighted by molar-refractivity contribution is -0.421. The Morgan fingerprint density at radius 3 is 2.47 bits per heavy atom. The maximum absolute atomic E-state index is 12.9. The van der Waals surface area contributed by atoms with E-state index in [4.69, 9.17) is 9.47 Å². The van der Waals surface area contributed by atoms with E-state index in [2.05, 4.69) is 4.98 Å². The van der Waals surface area contributed by atoms with Crippen molar-refractivity contribution in [2.75, 3.05) is 13.7 Å². The van der Waals surface area contributed by atoms with E-state index in [-0.39, 0.29) is 17.9 Å². The third-order valence-corrected chi connectivity index (χ3v) is 4.72. The number of pyridine rings is 1. The van der Waals surface area contributed by atoms with Crippen molar-refractivity contribution >= 4 is 17.3 Å². The highest BCUT2D eigenvalue weighted by molar-refractivity contribution is 6.35. The third kappa shape index (κ3) is 3.55. The molecule has 6 heteroatoms. The summed E-state index contributed by atoms with van der Waals surface area (Å²) >= 11 is 0. The molecule has 0 radical (unpaired) electrons. The molecule has 0 atom stereocenters. The Bertz CT molecular complexity index is 1150. The molecule has 1 aromatic heterocycles. The predicted molar refractivity (Wildman–Crippen MR) is 114 cm³/mol. The van der Waals surface area contributed by atoms with E-state index in [0.29, 0.717) is 27.5 Å². The highest BCUT2D eigenvalue weighted by Crippen LogP contribution is 2.40. The summed E-state index contributed by atoms with van der Waals surface area (Å²) in [6, 6.07) is 20.3. The van der Waals surface area contributed by atoms with Crippen LogP contribution in [0.3, 0.4) is 0 Å². The van der Waals surface area contributed by atoms with Crippen LogP contribution in [0.25, 0.3) is 5.57 Å². The van der Waals surface area contributed by atoms with Gasteiger partial charge >= 0.3 is 5.97 Å². The van der Waals surface area contributed by atoms with Crippen molar-refractivity contribution in [1.82, 2.24) is 4.98 Å². The number of carbonyl (C=O) groups is 1. The van der Waals surface area contributed by atoms with Crippen LogP contribution in [0.15, 0.2) is 78.5 Å². The smallest absolute Gasteiger partial charge is 0.345 e. The van der Waals surface area contributed by atoms with E-state index in [0.717, 1.165) is 11.1 Å². The Labute approximate surface area is 174 Å². The summed E-state index contributed by atoms with van der Waals surface area (Å²) in [6.07, 6.45) is 1.64. The van der Waals surface area contributed by atoms with Crippen molar-refractivity contribution in [2.24, 2.45) is 0 Å². The van der Waals surface area contributed by atoms with Crippen LogP contribution in [0.1, 0.15) is 23.6 Å². The van der Waals surface area contributed by atoms with Gasteiger partial charge in [-0.3, -0.25) is 0 Å². The van der Waals surface area contributed by atoms with E-state index in [9.17, 15) is 10.0 Å². The molecule has 4 rings (SSSR count). The van der Waals surface area contributed by atoms with E-state index in [1.165, 1.54) is 7.05 Å². The van der Waals surface area contributed by atoms with Gasteiger partial charge in [0.2, 0.25) is 11.6 Å². The summed E-state index contributed by atoms with van der Waals surface area (Å²) in [4.78, 5) is 17.0. The van der Waals surface area contributed by atoms with Gasteiger partial charge in [-0.05, 0) is 42.3 Å². The number of hydrogen-bond donors (Lipinski definition) is 0. The topological polar surface area (TPSA) is 74.5 Å². The number of rotatable bonds is 5. The number of nitrogens with zero attached hydrogens (tertiary/aromatic N) is 2. The van der Waals surface area contributed by atoms with E-state index >= 15 is 0 Å². The largest absolute Gasteiger partial charge is 0.624 e. The zero-order valence-corrected chi connectivity index (χ0v) is 16.7. The van der Waals surface area contributed by atoms with E-state index in [1.54, 1.807) is 37.4 Å². The number of fused-ring (bicyclic) bond motifs is 1. The van der Waals surface area contributed by atoms with E-state index < -0.39 is 5.97 Å². The van der Waals surface area contributed by atoms with Crippen LogP contribution in [0.5, 0.6) is 11.6 Å². The quantitative estimate of drug-likeness (QED) is 0.278. The van der Waals surface area contributed by atoms with Gasteiger partial charge in [-0.15, -0.1) is 0 Å². The van der Waals surface area contributed by atoms with Gasteiger partial charge in [0, 0.05) is 17.8 Å². The molecule has 0 saturated carbocycles. The molecule has 0 spiro atoms. The first-order chi connectivity index (χ1) is 14.6. The van der Waals surface area contributed by atoms with Gasteiger partial charge in [0.05, 0.1) is 12.2 Å². The molecule has 0 unspecified atom stereocenters. The summed E-state index contributed by atoms with van der Waals surface area (Å²) in [5, 5.41) is 12.6. The molecule has 0 bridgehead atoms. The molecule has 3 aromatic rings. The van der Waals surface area contributed by atoms with Crippen LogP contribution in [-0.2, 0) is 9.53 Å². The lowest BCUT2D eigenvalue weighted by Crippen LogP contribution is -2.21. The number of benzene rings is 2. The second kappa shape index (κ2) is 8.21. The van der Waals surface area contributed by atoms with Gasteiger partial charge in [0.1, 0.15) is 18.4 Å². The zero-order valence-electron chi connectivity index (χ0n) is 16.7. The standard InChI is InChI=1S/C24H20N2O4/c1-3-29-24(27)22-21(16-9-5-4-6-10-16)18-13-12-17(15-19(18)23(22)26(2)28)30-20-11-7-8-14-25-20/h4-15H,3H2,1-2H3/b26-23+. The molecule has 0 amide bonds. The first kappa shape index (κ1) is 19.4. The molecule has 1 aliphatic rings. The Hall–Kier alpha value is -3.93. The van der Waals surface area contributed by atoms with E-state index in [1.807, 2.05) is 42.5 Å². The molecule has 6 nitrogen and oxygen atoms in total. The summed E-state index contributed by atoms with van der Waals surface area (Å²) in [5.41, 5.74) is 3.40. The van der Waals surface area contributed by atoms with Crippen molar-refractivity contribution in [3.8, 4) is 11.6 Å². The van der Waals surface area contributed by atoms with Gasteiger partial charge in [0.25, 0.3) is 0 Å². The SMILES string of the molecule is CCOC(=O)C1=C(c2ccccc2)c2ccc(Oc3ccccn3)cc2/C1=[N+](/C)[O-]. The molecule has 30 heavy (non-hydrogen) atoms. The molecule has 0 fully saturated rings. The van der Waals surface area contributed by atoms with Crippen molar-refractivity contribution in [2.45, 2.75) is 6.92 Å². The van der Waals surface area contributed by atoms with Crippen molar-refractivity contribution in [3.05, 3.63) is 100 Å². The van der Waals surface area contributed by atoms with Crippen LogP contribution in [0.4, 0.5) is 0 Å². The Morgan fingerprint density at radius 1 is 1.03 bits per heavy atom. The minimum atomic E-state index is -0.530. The van der Waals surface area contributed by atoms with Gasteiger partial charge in [-0.2, -0.15) is 0 Å². The number of ether oxygens (including phenoxy) is 2. The fraction of sp³-hybridized carbons (Fsp3) is 0.125.